The summed E-state index contributed by atoms with van der Waals surface area (Å²) in [6, 6.07) is 7.30. The Bertz CT molecular complexity index is 1090. The number of aromatic nitrogens is 6. The monoisotopic (exact) mass is 389 g/mol. The number of hydrogen-bond donors (Lipinski definition) is 0. The lowest BCUT2D eigenvalue weighted by atomic mass is 10.3. The van der Waals surface area contributed by atoms with Gasteiger partial charge in [0.1, 0.15) is 17.6 Å². The van der Waals surface area contributed by atoms with Gasteiger partial charge in [0.05, 0.1) is 6.61 Å². The van der Waals surface area contributed by atoms with Gasteiger partial charge in [-0.1, -0.05) is 23.5 Å². The summed E-state index contributed by atoms with van der Waals surface area (Å²) in [5.41, 5.74) is 0.644. The van der Waals surface area contributed by atoms with Crippen LogP contribution in [-0.2, 0) is 0 Å². The molecule has 12 heteroatoms. The molecule has 0 aliphatic rings. The van der Waals surface area contributed by atoms with Crippen molar-refractivity contribution in [3.8, 4) is 11.4 Å². The summed E-state index contributed by atoms with van der Waals surface area (Å²) < 4.78 is 8.53. The second kappa shape index (κ2) is 6.72. The second-order valence-electron chi connectivity index (χ2n) is 4.93. The average Bonchev–Trinajstić information content (AvgIpc) is 3.31. The molecule has 0 N–H and O–H groups in total. The van der Waals surface area contributed by atoms with Crippen molar-refractivity contribution in [2.75, 3.05) is 6.61 Å². The number of rotatable bonds is 6. The van der Waals surface area contributed by atoms with Crippen LogP contribution in [0, 0.1) is 10.1 Å². The van der Waals surface area contributed by atoms with Gasteiger partial charge < -0.3 is 14.9 Å². The van der Waals surface area contributed by atoms with Gasteiger partial charge in [0.25, 0.3) is 4.96 Å². The molecule has 0 fully saturated rings. The van der Waals surface area contributed by atoms with E-state index in [1.165, 1.54) is 20.4 Å². The summed E-state index contributed by atoms with van der Waals surface area (Å²) in [6.45, 7) is 2.37. The molecule has 4 aromatic rings. The van der Waals surface area contributed by atoms with Crippen LogP contribution in [0.25, 0.3) is 10.6 Å². The van der Waals surface area contributed by atoms with Crippen LogP contribution >= 0.6 is 23.1 Å². The molecule has 0 amide bonds. The zero-order valence-electron chi connectivity index (χ0n) is 13.3. The van der Waals surface area contributed by atoms with Crippen LogP contribution in [0.4, 0.5) is 5.82 Å². The van der Waals surface area contributed by atoms with E-state index in [1.54, 1.807) is 11.6 Å². The van der Waals surface area contributed by atoms with Crippen LogP contribution in [-0.4, -0.2) is 41.1 Å². The smallest absolute Gasteiger partial charge is 0.363 e. The first-order valence-electron chi connectivity index (χ1n) is 7.47. The molecule has 0 aliphatic heterocycles. The van der Waals surface area contributed by atoms with E-state index in [2.05, 4.69) is 20.5 Å². The quantitative estimate of drug-likeness (QED) is 0.365. The van der Waals surface area contributed by atoms with Crippen molar-refractivity contribution in [1.82, 2.24) is 29.6 Å². The van der Waals surface area contributed by atoms with Crippen molar-refractivity contribution in [3.63, 3.8) is 0 Å². The minimum absolute atomic E-state index is 0.112. The summed E-state index contributed by atoms with van der Waals surface area (Å²) in [5, 5.41) is 25.5. The van der Waals surface area contributed by atoms with Crippen molar-refractivity contribution in [2.45, 2.75) is 17.1 Å². The third kappa shape index (κ3) is 2.78. The van der Waals surface area contributed by atoms with Crippen LogP contribution in [0.15, 0.2) is 46.0 Å². The Kier molecular flexibility index (Phi) is 4.26. The van der Waals surface area contributed by atoms with E-state index in [1.807, 2.05) is 31.2 Å². The fourth-order valence-electron chi connectivity index (χ4n) is 2.38. The predicted molar refractivity (Wildman–Crippen MR) is 94.2 cm³/mol. The van der Waals surface area contributed by atoms with Crippen molar-refractivity contribution >= 4 is 33.9 Å². The highest BCUT2D eigenvalue weighted by molar-refractivity contribution is 7.99. The topological polar surface area (TPSA) is 113 Å². The first-order valence-corrected chi connectivity index (χ1v) is 9.17. The third-order valence-corrected chi connectivity index (χ3v) is 5.06. The molecule has 132 valence electrons. The lowest BCUT2D eigenvalue weighted by Crippen LogP contribution is -2.03. The molecule has 0 aliphatic carbocycles. The zero-order chi connectivity index (χ0) is 18.1. The summed E-state index contributed by atoms with van der Waals surface area (Å²) in [6.07, 6.45) is 1.61. The highest BCUT2D eigenvalue weighted by atomic mass is 32.2. The summed E-state index contributed by atoms with van der Waals surface area (Å²) in [7, 11) is 0. The van der Waals surface area contributed by atoms with Crippen molar-refractivity contribution in [1.29, 1.82) is 0 Å². The second-order valence-corrected chi connectivity index (χ2v) is 6.76. The Morgan fingerprint density at radius 3 is 3.04 bits per heavy atom. The van der Waals surface area contributed by atoms with Crippen molar-refractivity contribution in [2.24, 2.45) is 0 Å². The van der Waals surface area contributed by atoms with E-state index in [4.69, 9.17) is 4.74 Å². The number of nitrogens with zero attached hydrogens (tertiary/aromatic N) is 7. The number of nitro groups is 1. The molecule has 4 rings (SSSR count). The van der Waals surface area contributed by atoms with Gasteiger partial charge in [-0.05, 0) is 46.2 Å². The average molecular weight is 389 g/mol. The zero-order valence-corrected chi connectivity index (χ0v) is 15.0. The number of thiazole rings is 1. The third-order valence-electron chi connectivity index (χ3n) is 3.40. The minimum atomic E-state index is -0.461. The SMILES string of the molecule is CCOc1ccccc1-n1nnnc1Sc1nc2sccn2c1[N+](=O)[O-]. The maximum Gasteiger partial charge on any atom is 0.363 e. The molecule has 3 aromatic heterocycles. The number of para-hydroxylation sites is 2. The number of fused-ring (bicyclic) bond motifs is 1. The number of benzene rings is 1. The number of hydrogen-bond acceptors (Lipinski definition) is 9. The van der Waals surface area contributed by atoms with Gasteiger partial charge in [0, 0.05) is 5.38 Å². The normalized spacial score (nSPS) is 11.1. The van der Waals surface area contributed by atoms with Crippen LogP contribution < -0.4 is 4.74 Å². The molecule has 0 atom stereocenters. The van der Waals surface area contributed by atoms with E-state index in [0.717, 1.165) is 11.8 Å². The van der Waals surface area contributed by atoms with Gasteiger partial charge >= 0.3 is 5.82 Å². The largest absolute Gasteiger partial charge is 0.492 e. The van der Waals surface area contributed by atoms with Crippen molar-refractivity contribution < 1.29 is 9.66 Å². The van der Waals surface area contributed by atoms with Gasteiger partial charge in [-0.2, -0.15) is 14.1 Å². The molecule has 0 bridgehead atoms. The van der Waals surface area contributed by atoms with Crippen LogP contribution in [0.5, 0.6) is 5.75 Å². The first-order chi connectivity index (χ1) is 12.7. The van der Waals surface area contributed by atoms with E-state index in [9.17, 15) is 10.1 Å². The molecule has 0 spiro atoms. The Balaban J connectivity index is 1.77. The van der Waals surface area contributed by atoms with E-state index in [-0.39, 0.29) is 10.8 Å². The molecule has 0 unspecified atom stereocenters. The minimum Gasteiger partial charge on any atom is -0.492 e. The van der Waals surface area contributed by atoms with Crippen LogP contribution in [0.1, 0.15) is 6.92 Å². The Morgan fingerprint density at radius 2 is 2.23 bits per heavy atom. The van der Waals surface area contributed by atoms with Crippen LogP contribution in [0.3, 0.4) is 0 Å². The van der Waals surface area contributed by atoms with E-state index >= 15 is 0 Å². The summed E-state index contributed by atoms with van der Waals surface area (Å²) in [4.78, 5) is 15.9. The molecule has 1 aromatic carbocycles. The summed E-state index contributed by atoms with van der Waals surface area (Å²) in [5.74, 6) is 0.503. The van der Waals surface area contributed by atoms with Gasteiger partial charge in [-0.15, -0.1) is 5.10 Å². The highest BCUT2D eigenvalue weighted by Crippen LogP contribution is 2.36. The number of ether oxygens (including phenoxy) is 1. The molecule has 0 saturated heterocycles. The fraction of sp³-hybridized carbons (Fsp3) is 0.143. The Hall–Kier alpha value is -2.99. The molecule has 26 heavy (non-hydrogen) atoms. The maximum atomic E-state index is 11.5. The lowest BCUT2D eigenvalue weighted by molar-refractivity contribution is -0.393. The molecular weight excluding hydrogens is 378 g/mol. The summed E-state index contributed by atoms with van der Waals surface area (Å²) >= 11 is 2.35. The molecular formula is C14H11N7O3S2. The van der Waals surface area contributed by atoms with Crippen LogP contribution in [0.2, 0.25) is 0 Å². The molecule has 3 heterocycles. The first kappa shape index (κ1) is 16.5. The maximum absolute atomic E-state index is 11.5. The molecule has 0 saturated carbocycles. The number of tetrazole rings is 1. The highest BCUT2D eigenvalue weighted by Gasteiger charge is 2.27. The molecule has 10 nitrogen and oxygen atoms in total. The Morgan fingerprint density at radius 1 is 1.38 bits per heavy atom. The fourth-order valence-corrected chi connectivity index (χ4v) is 4.01. The molecule has 0 radical (unpaired) electrons. The Labute approximate surface area is 154 Å². The standard InChI is InChI=1S/C14H11N7O3S2/c1-2-24-10-6-4-3-5-9(10)20-14(16-17-18-20)26-11-12(21(22)23)19-7-8-25-13(19)15-11/h3-8H,2H2,1H3. The lowest BCUT2D eigenvalue weighted by Gasteiger charge is -2.09. The van der Waals surface area contributed by atoms with Gasteiger partial charge in [-0.3, -0.25) is 0 Å². The van der Waals surface area contributed by atoms with E-state index in [0.29, 0.717) is 28.2 Å². The van der Waals surface area contributed by atoms with Gasteiger partial charge in [-0.25, -0.2) is 0 Å². The van der Waals surface area contributed by atoms with Crippen molar-refractivity contribution in [3.05, 3.63) is 46.0 Å². The predicted octanol–water partition coefficient (Wildman–Crippen LogP) is 2.83. The van der Waals surface area contributed by atoms with Gasteiger partial charge in [0.2, 0.25) is 10.2 Å². The number of imidazole rings is 1. The van der Waals surface area contributed by atoms with Gasteiger partial charge in [0.15, 0.2) is 0 Å². The van der Waals surface area contributed by atoms with E-state index < -0.39 is 4.92 Å².